The maximum absolute atomic E-state index is 6.56. The summed E-state index contributed by atoms with van der Waals surface area (Å²) in [6, 6.07) is 28.5. The molecule has 0 radical (unpaired) electrons. The van der Waals surface area contributed by atoms with E-state index in [1.54, 1.807) is 0 Å². The van der Waals surface area contributed by atoms with Crippen molar-refractivity contribution in [3.63, 3.8) is 0 Å². The van der Waals surface area contributed by atoms with Crippen LogP contribution in [0.15, 0.2) is 84.9 Å². The molecule has 144 valence electrons. The van der Waals surface area contributed by atoms with Crippen LogP contribution in [0.2, 0.25) is 5.02 Å². The summed E-state index contributed by atoms with van der Waals surface area (Å²) in [6.45, 7) is 3.87. The van der Waals surface area contributed by atoms with Crippen molar-refractivity contribution in [2.45, 2.75) is 26.3 Å². The van der Waals surface area contributed by atoms with E-state index in [1.165, 1.54) is 5.56 Å². The number of anilines is 2. The molecular weight excluding hydrogens is 384 g/mol. The first-order chi connectivity index (χ1) is 13.7. The molecule has 0 saturated carbocycles. The van der Waals surface area contributed by atoms with Gasteiger partial charge in [-0.15, -0.1) is 0 Å². The molecule has 0 aliphatic carbocycles. The highest BCUT2D eigenvalue weighted by Crippen LogP contribution is 2.33. The molecule has 0 bridgehead atoms. The van der Waals surface area contributed by atoms with Crippen molar-refractivity contribution >= 4 is 40.3 Å². The average Bonchev–Trinajstić information content (AvgIpc) is 2.74. The molecule has 0 atom stereocenters. The van der Waals surface area contributed by atoms with Gasteiger partial charge in [0.05, 0.1) is 10.7 Å². The molecule has 3 aromatic carbocycles. The van der Waals surface area contributed by atoms with Crippen molar-refractivity contribution in [3.8, 4) is 0 Å². The Morgan fingerprint density at radius 3 is 2.11 bits per heavy atom. The minimum absolute atomic E-state index is 0.684. The standard InChI is InChI=1S/C24H25ClN2S/c1-2-3-18-26(19-20-12-6-4-7-13-20)24(28)27(21-14-8-5-9-15-21)23-17-11-10-16-22(23)25/h4-17H,2-3,18-19H2,1H3. The Hall–Kier alpha value is -2.36. The van der Waals surface area contributed by atoms with Crippen molar-refractivity contribution in [2.24, 2.45) is 0 Å². The first-order valence-corrected chi connectivity index (χ1v) is 10.4. The summed E-state index contributed by atoms with van der Waals surface area (Å²) in [5.74, 6) is 0. The van der Waals surface area contributed by atoms with Crippen molar-refractivity contribution in [2.75, 3.05) is 11.4 Å². The molecule has 0 aliphatic rings. The molecular formula is C24H25ClN2S. The van der Waals surface area contributed by atoms with Crippen LogP contribution in [0.4, 0.5) is 11.4 Å². The van der Waals surface area contributed by atoms with E-state index in [-0.39, 0.29) is 0 Å². The minimum atomic E-state index is 0.684. The predicted octanol–water partition coefficient (Wildman–Crippen LogP) is 7.07. The number of halogens is 1. The van der Waals surface area contributed by atoms with E-state index in [1.807, 2.05) is 48.5 Å². The number of para-hydroxylation sites is 2. The normalized spacial score (nSPS) is 10.5. The van der Waals surface area contributed by atoms with E-state index >= 15 is 0 Å². The molecule has 0 fully saturated rings. The number of benzene rings is 3. The van der Waals surface area contributed by atoms with Gasteiger partial charge in [-0.25, -0.2) is 0 Å². The van der Waals surface area contributed by atoms with Crippen LogP contribution in [0, 0.1) is 0 Å². The Kier molecular flexibility index (Phi) is 7.46. The van der Waals surface area contributed by atoms with Gasteiger partial charge in [0.2, 0.25) is 0 Å². The zero-order chi connectivity index (χ0) is 19.8. The summed E-state index contributed by atoms with van der Waals surface area (Å²) in [7, 11) is 0. The Balaban J connectivity index is 1.98. The minimum Gasteiger partial charge on any atom is -0.344 e. The molecule has 28 heavy (non-hydrogen) atoms. The SMILES string of the molecule is CCCCN(Cc1ccccc1)C(=S)N(c1ccccc1)c1ccccc1Cl. The van der Waals surface area contributed by atoms with Crippen LogP contribution in [0.3, 0.4) is 0 Å². The lowest BCUT2D eigenvalue weighted by Crippen LogP contribution is -2.41. The van der Waals surface area contributed by atoms with Gasteiger partial charge in [-0.1, -0.05) is 85.6 Å². The van der Waals surface area contributed by atoms with E-state index in [4.69, 9.17) is 23.8 Å². The lowest BCUT2D eigenvalue weighted by atomic mass is 10.2. The third kappa shape index (κ3) is 5.12. The Morgan fingerprint density at radius 1 is 0.857 bits per heavy atom. The van der Waals surface area contributed by atoms with Gasteiger partial charge in [0.1, 0.15) is 0 Å². The number of thiocarbonyl (C=S) groups is 1. The van der Waals surface area contributed by atoms with Gasteiger partial charge in [-0.2, -0.15) is 0 Å². The second-order valence-corrected chi connectivity index (χ2v) is 7.44. The molecule has 4 heteroatoms. The second kappa shape index (κ2) is 10.3. The van der Waals surface area contributed by atoms with Gasteiger partial charge in [0, 0.05) is 18.8 Å². The Morgan fingerprint density at radius 2 is 1.46 bits per heavy atom. The van der Waals surface area contributed by atoms with Gasteiger partial charge in [0.15, 0.2) is 5.11 Å². The zero-order valence-electron chi connectivity index (χ0n) is 16.1. The lowest BCUT2D eigenvalue weighted by molar-refractivity contribution is 0.404. The van der Waals surface area contributed by atoms with Gasteiger partial charge < -0.3 is 4.90 Å². The summed E-state index contributed by atoms with van der Waals surface area (Å²) < 4.78 is 0. The molecule has 0 amide bonds. The molecule has 0 spiro atoms. The highest BCUT2D eigenvalue weighted by molar-refractivity contribution is 7.80. The topological polar surface area (TPSA) is 6.48 Å². The number of nitrogens with zero attached hydrogens (tertiary/aromatic N) is 2. The van der Waals surface area contributed by atoms with Crippen LogP contribution >= 0.6 is 23.8 Å². The number of rotatable bonds is 7. The fourth-order valence-corrected chi connectivity index (χ4v) is 3.68. The Labute approximate surface area is 178 Å². The van der Waals surface area contributed by atoms with E-state index < -0.39 is 0 Å². The highest BCUT2D eigenvalue weighted by Gasteiger charge is 2.22. The van der Waals surface area contributed by atoms with E-state index in [0.717, 1.165) is 42.4 Å². The summed E-state index contributed by atoms with van der Waals surface area (Å²) in [5, 5.41) is 1.44. The molecule has 0 heterocycles. The Bertz CT molecular complexity index is 883. The lowest BCUT2D eigenvalue weighted by Gasteiger charge is -2.34. The fraction of sp³-hybridized carbons (Fsp3) is 0.208. The van der Waals surface area contributed by atoms with E-state index in [2.05, 4.69) is 53.1 Å². The smallest absolute Gasteiger partial charge is 0.181 e. The zero-order valence-corrected chi connectivity index (χ0v) is 17.7. The van der Waals surface area contributed by atoms with Crippen molar-refractivity contribution < 1.29 is 0 Å². The number of unbranched alkanes of at least 4 members (excludes halogenated alkanes) is 1. The van der Waals surface area contributed by atoms with Crippen molar-refractivity contribution in [1.82, 2.24) is 4.90 Å². The third-order valence-corrected chi connectivity index (χ3v) is 5.33. The molecule has 3 rings (SSSR count). The largest absolute Gasteiger partial charge is 0.344 e. The molecule has 0 N–H and O–H groups in total. The van der Waals surface area contributed by atoms with Crippen LogP contribution in [0.25, 0.3) is 0 Å². The molecule has 0 aliphatic heterocycles. The maximum atomic E-state index is 6.56. The van der Waals surface area contributed by atoms with Crippen LogP contribution in [0.5, 0.6) is 0 Å². The molecule has 0 aromatic heterocycles. The quantitative estimate of drug-likeness (QED) is 0.386. The summed E-state index contributed by atoms with van der Waals surface area (Å²) in [4.78, 5) is 4.35. The van der Waals surface area contributed by atoms with Gasteiger partial charge >= 0.3 is 0 Å². The highest BCUT2D eigenvalue weighted by atomic mass is 35.5. The predicted molar refractivity (Wildman–Crippen MR) is 124 cm³/mol. The molecule has 0 saturated heterocycles. The molecule has 3 aromatic rings. The first kappa shape index (κ1) is 20.4. The molecule has 2 nitrogen and oxygen atoms in total. The third-order valence-electron chi connectivity index (χ3n) is 4.57. The average molecular weight is 409 g/mol. The summed E-state index contributed by atoms with van der Waals surface area (Å²) in [5.41, 5.74) is 3.15. The summed E-state index contributed by atoms with van der Waals surface area (Å²) >= 11 is 12.6. The van der Waals surface area contributed by atoms with Crippen LogP contribution in [-0.4, -0.2) is 16.6 Å². The van der Waals surface area contributed by atoms with Gasteiger partial charge in [0.25, 0.3) is 0 Å². The van der Waals surface area contributed by atoms with E-state index in [9.17, 15) is 0 Å². The monoisotopic (exact) mass is 408 g/mol. The van der Waals surface area contributed by atoms with Gasteiger partial charge in [-0.3, -0.25) is 4.90 Å². The summed E-state index contributed by atoms with van der Waals surface area (Å²) in [6.07, 6.45) is 2.20. The fourth-order valence-electron chi connectivity index (χ4n) is 3.10. The van der Waals surface area contributed by atoms with Gasteiger partial charge in [-0.05, 0) is 48.5 Å². The first-order valence-electron chi connectivity index (χ1n) is 9.63. The number of hydrogen-bond acceptors (Lipinski definition) is 1. The van der Waals surface area contributed by atoms with Crippen LogP contribution in [-0.2, 0) is 6.54 Å². The van der Waals surface area contributed by atoms with Crippen molar-refractivity contribution in [3.05, 3.63) is 95.5 Å². The molecule has 0 unspecified atom stereocenters. The second-order valence-electron chi connectivity index (χ2n) is 6.67. The van der Waals surface area contributed by atoms with Crippen LogP contribution in [0.1, 0.15) is 25.3 Å². The van der Waals surface area contributed by atoms with Crippen LogP contribution < -0.4 is 4.90 Å². The van der Waals surface area contributed by atoms with Crippen molar-refractivity contribution in [1.29, 1.82) is 0 Å². The maximum Gasteiger partial charge on any atom is 0.181 e. The number of hydrogen-bond donors (Lipinski definition) is 0. The van der Waals surface area contributed by atoms with E-state index in [0.29, 0.717) is 5.02 Å².